The van der Waals surface area contributed by atoms with Crippen LogP contribution in [0.5, 0.6) is 0 Å². The van der Waals surface area contributed by atoms with Gasteiger partial charge in [-0.1, -0.05) is 0 Å². The Balaban J connectivity index is 1.48. The molecule has 0 spiro atoms. The summed E-state index contributed by atoms with van der Waals surface area (Å²) in [6, 6.07) is 2.13. The van der Waals surface area contributed by atoms with Crippen LogP contribution in [0.2, 0.25) is 0 Å². The normalized spacial score (nSPS) is 29.9. The van der Waals surface area contributed by atoms with Crippen LogP contribution in [0.1, 0.15) is 43.2 Å². The maximum absolute atomic E-state index is 4.88. The summed E-state index contributed by atoms with van der Waals surface area (Å²) in [5.41, 5.74) is 1.23. The first kappa shape index (κ1) is 14.0. The Morgan fingerprint density at radius 1 is 1.29 bits per heavy atom. The third-order valence-corrected chi connectivity index (χ3v) is 6.39. The first-order valence-corrected chi connectivity index (χ1v) is 9.23. The lowest BCUT2D eigenvalue weighted by molar-refractivity contribution is 0.203. The van der Waals surface area contributed by atoms with Crippen LogP contribution in [-0.2, 0) is 6.54 Å². The topological polar surface area (TPSA) is 31.4 Å². The molecule has 1 N–H and O–H groups in total. The Kier molecular flexibility index (Phi) is 3.67. The molecule has 3 heterocycles. The molecular formula is C16H26N4S. The molecular weight excluding hydrogens is 280 g/mol. The number of piperazine rings is 1. The molecule has 0 radical (unpaired) electrons. The number of rotatable bonds is 4. The minimum atomic E-state index is 0.592. The summed E-state index contributed by atoms with van der Waals surface area (Å²) in [6.07, 6.45) is 5.44. The van der Waals surface area contributed by atoms with Gasteiger partial charge in [0.1, 0.15) is 0 Å². The van der Waals surface area contributed by atoms with E-state index in [1.54, 1.807) is 0 Å². The third kappa shape index (κ3) is 2.83. The molecule has 2 unspecified atom stereocenters. The monoisotopic (exact) mass is 306 g/mol. The molecule has 1 aliphatic carbocycles. The van der Waals surface area contributed by atoms with Crippen molar-refractivity contribution in [3.05, 3.63) is 10.6 Å². The lowest BCUT2D eigenvalue weighted by Gasteiger charge is -2.42. The Morgan fingerprint density at radius 2 is 2.14 bits per heavy atom. The third-order valence-electron chi connectivity index (χ3n) is 5.19. The van der Waals surface area contributed by atoms with Crippen molar-refractivity contribution in [2.24, 2.45) is 0 Å². The molecule has 4 rings (SSSR count). The highest BCUT2D eigenvalue weighted by atomic mass is 32.1. The van der Waals surface area contributed by atoms with Crippen LogP contribution >= 0.6 is 11.3 Å². The van der Waals surface area contributed by atoms with Gasteiger partial charge in [0.2, 0.25) is 0 Å². The average Bonchev–Trinajstić information content (AvgIpc) is 3.06. The van der Waals surface area contributed by atoms with Gasteiger partial charge in [0, 0.05) is 42.6 Å². The molecule has 0 aromatic carbocycles. The van der Waals surface area contributed by atoms with E-state index in [0.29, 0.717) is 6.04 Å². The van der Waals surface area contributed by atoms with Crippen LogP contribution in [-0.4, -0.2) is 47.6 Å². The quantitative estimate of drug-likeness (QED) is 0.925. The molecule has 3 fully saturated rings. The first-order valence-electron chi connectivity index (χ1n) is 8.41. The number of nitrogens with one attached hydrogen (secondary N) is 1. The summed E-state index contributed by atoms with van der Waals surface area (Å²) in [7, 11) is 0. The van der Waals surface area contributed by atoms with Crippen LogP contribution in [0.3, 0.4) is 0 Å². The summed E-state index contributed by atoms with van der Waals surface area (Å²) in [5.74, 6) is 0. The number of hydrogen-bond donors (Lipinski definition) is 1. The van der Waals surface area contributed by atoms with E-state index >= 15 is 0 Å². The number of anilines is 1. The van der Waals surface area contributed by atoms with Crippen molar-refractivity contribution in [2.75, 3.05) is 24.5 Å². The molecule has 2 atom stereocenters. The van der Waals surface area contributed by atoms with Gasteiger partial charge < -0.3 is 10.2 Å². The first-order chi connectivity index (χ1) is 10.2. The molecule has 2 saturated heterocycles. The van der Waals surface area contributed by atoms with Gasteiger partial charge in [-0.15, -0.1) is 11.3 Å². The predicted octanol–water partition coefficient (Wildman–Crippen LogP) is 2.38. The van der Waals surface area contributed by atoms with Crippen LogP contribution < -0.4 is 10.2 Å². The Hall–Kier alpha value is -0.650. The molecule has 116 valence electrons. The van der Waals surface area contributed by atoms with Crippen molar-refractivity contribution in [3.8, 4) is 0 Å². The number of nitrogens with zero attached hydrogens (tertiary/aromatic N) is 3. The largest absolute Gasteiger partial charge is 0.343 e. The van der Waals surface area contributed by atoms with Crippen molar-refractivity contribution in [3.63, 3.8) is 0 Å². The van der Waals surface area contributed by atoms with Crippen LogP contribution in [0.4, 0.5) is 5.13 Å². The highest BCUT2D eigenvalue weighted by molar-refractivity contribution is 7.15. The van der Waals surface area contributed by atoms with Crippen LogP contribution in [0.25, 0.3) is 0 Å². The van der Waals surface area contributed by atoms with E-state index in [4.69, 9.17) is 4.98 Å². The fourth-order valence-electron chi connectivity index (χ4n) is 3.68. The molecule has 1 aromatic rings. The molecule has 3 aliphatic rings. The molecule has 1 aromatic heterocycles. The Morgan fingerprint density at radius 3 is 2.95 bits per heavy atom. The van der Waals surface area contributed by atoms with Gasteiger partial charge in [-0.05, 0) is 46.1 Å². The van der Waals surface area contributed by atoms with Crippen molar-refractivity contribution in [1.29, 1.82) is 0 Å². The van der Waals surface area contributed by atoms with Gasteiger partial charge >= 0.3 is 0 Å². The van der Waals surface area contributed by atoms with Gasteiger partial charge in [0.25, 0.3) is 0 Å². The van der Waals surface area contributed by atoms with Crippen molar-refractivity contribution in [1.82, 2.24) is 15.2 Å². The smallest absolute Gasteiger partial charge is 0.186 e. The average molecular weight is 306 g/mol. The molecule has 4 nitrogen and oxygen atoms in total. The van der Waals surface area contributed by atoms with Crippen molar-refractivity contribution in [2.45, 2.75) is 64.2 Å². The minimum absolute atomic E-state index is 0.592. The second-order valence-corrected chi connectivity index (χ2v) is 8.01. The second kappa shape index (κ2) is 5.52. The van der Waals surface area contributed by atoms with Crippen molar-refractivity contribution >= 4 is 16.5 Å². The zero-order valence-corrected chi connectivity index (χ0v) is 14.0. The molecule has 0 amide bonds. The van der Waals surface area contributed by atoms with Crippen molar-refractivity contribution < 1.29 is 0 Å². The number of hydrogen-bond acceptors (Lipinski definition) is 5. The summed E-state index contributed by atoms with van der Waals surface area (Å²) >= 11 is 1.91. The zero-order chi connectivity index (χ0) is 14.4. The fourth-order valence-corrected chi connectivity index (χ4v) is 4.80. The Bertz CT molecular complexity index is 510. The second-order valence-electron chi connectivity index (χ2n) is 6.95. The van der Waals surface area contributed by atoms with Crippen LogP contribution in [0, 0.1) is 6.92 Å². The van der Waals surface area contributed by atoms with Gasteiger partial charge in [0.05, 0.1) is 5.69 Å². The standard InChI is InChI=1S/C16H26N4S/c1-11-9-19-7-3-4-14(19)10-20(11)16-18-12(2)15(21-16)8-17-13-5-6-13/h11,13-14,17H,3-10H2,1-2H3. The highest BCUT2D eigenvalue weighted by Crippen LogP contribution is 2.33. The maximum atomic E-state index is 4.88. The molecule has 1 saturated carbocycles. The van der Waals surface area contributed by atoms with Gasteiger partial charge in [0.15, 0.2) is 5.13 Å². The van der Waals surface area contributed by atoms with E-state index in [0.717, 1.165) is 18.6 Å². The summed E-state index contributed by atoms with van der Waals surface area (Å²) in [4.78, 5) is 11.5. The van der Waals surface area contributed by atoms with E-state index in [9.17, 15) is 0 Å². The van der Waals surface area contributed by atoms with E-state index in [-0.39, 0.29) is 0 Å². The molecule has 5 heteroatoms. The summed E-state index contributed by atoms with van der Waals surface area (Å²) in [5, 5.41) is 4.87. The van der Waals surface area contributed by atoms with E-state index in [1.807, 2.05) is 11.3 Å². The lowest BCUT2D eigenvalue weighted by atomic mass is 10.1. The number of thiazole rings is 1. The van der Waals surface area contributed by atoms with Gasteiger partial charge in [-0.3, -0.25) is 4.90 Å². The molecule has 2 aliphatic heterocycles. The van der Waals surface area contributed by atoms with Gasteiger partial charge in [-0.2, -0.15) is 0 Å². The van der Waals surface area contributed by atoms with E-state index in [2.05, 4.69) is 29.0 Å². The number of aryl methyl sites for hydroxylation is 1. The molecule has 21 heavy (non-hydrogen) atoms. The summed E-state index contributed by atoms with van der Waals surface area (Å²) in [6.45, 7) is 9.21. The van der Waals surface area contributed by atoms with E-state index < -0.39 is 0 Å². The number of aromatic nitrogens is 1. The maximum Gasteiger partial charge on any atom is 0.186 e. The summed E-state index contributed by atoms with van der Waals surface area (Å²) < 4.78 is 0. The SMILES string of the molecule is Cc1nc(N2CC3CCCN3CC2C)sc1CNC1CC1. The zero-order valence-electron chi connectivity index (χ0n) is 13.1. The van der Waals surface area contributed by atoms with Crippen LogP contribution in [0.15, 0.2) is 0 Å². The highest BCUT2D eigenvalue weighted by Gasteiger charge is 2.35. The van der Waals surface area contributed by atoms with E-state index in [1.165, 1.54) is 61.0 Å². The predicted molar refractivity (Wildman–Crippen MR) is 88.1 cm³/mol. The Labute approximate surface area is 131 Å². The minimum Gasteiger partial charge on any atom is -0.343 e. The fraction of sp³-hybridized carbons (Fsp3) is 0.812. The number of fused-ring (bicyclic) bond motifs is 1. The van der Waals surface area contributed by atoms with Gasteiger partial charge in [-0.25, -0.2) is 4.98 Å². The molecule has 0 bridgehead atoms. The lowest BCUT2D eigenvalue weighted by Crippen LogP contribution is -2.55.